The maximum absolute atomic E-state index is 12.7. The molecule has 174 valence electrons. The number of nitrogens with one attached hydrogen (secondary N) is 1. The second-order valence-corrected chi connectivity index (χ2v) is 12.0. The molecule has 7 atom stereocenters. The van der Waals surface area contributed by atoms with Crippen molar-refractivity contribution in [2.24, 2.45) is 40.4 Å². The largest absolute Gasteiger partial charge is 0.320 e. The van der Waals surface area contributed by atoms with Crippen LogP contribution in [0.3, 0.4) is 0 Å². The molecular weight excluding hydrogens is 378 g/mol. The summed E-state index contributed by atoms with van der Waals surface area (Å²) in [7, 11) is 2.06. The van der Waals surface area contributed by atoms with Crippen LogP contribution < -0.4 is 5.32 Å². The first-order valence-corrected chi connectivity index (χ1v) is 13.4. The van der Waals surface area contributed by atoms with Crippen LogP contribution in [-0.4, -0.2) is 19.4 Å². The fourth-order valence-corrected chi connectivity index (χ4v) is 8.36. The smallest absolute Gasteiger partial charge is 0.139 e. The van der Waals surface area contributed by atoms with E-state index < -0.39 is 0 Å². The van der Waals surface area contributed by atoms with Gasteiger partial charge in [-0.05, 0) is 113 Å². The summed E-state index contributed by atoms with van der Waals surface area (Å²) in [6.07, 6.45) is 17.3. The summed E-state index contributed by atoms with van der Waals surface area (Å²) >= 11 is 0. The van der Waals surface area contributed by atoms with Crippen LogP contribution in [0.1, 0.15) is 97.8 Å². The maximum Gasteiger partial charge on any atom is 0.139 e. The highest BCUT2D eigenvalue weighted by atomic mass is 16.1. The van der Waals surface area contributed by atoms with E-state index in [-0.39, 0.29) is 5.41 Å². The number of fused-ring (bicyclic) bond motifs is 5. The molecule has 0 bridgehead atoms. The van der Waals surface area contributed by atoms with Crippen molar-refractivity contribution in [3.63, 3.8) is 0 Å². The number of carbonyl (C=O) groups is 1. The second-order valence-electron chi connectivity index (χ2n) is 12.0. The lowest BCUT2D eigenvalue weighted by atomic mass is 9.44. The second kappa shape index (κ2) is 9.16. The number of hydrogen-bond donors (Lipinski definition) is 1. The van der Waals surface area contributed by atoms with Crippen LogP contribution in [-0.2, 0) is 4.79 Å². The van der Waals surface area contributed by atoms with Crippen molar-refractivity contribution in [3.05, 3.63) is 23.8 Å². The van der Waals surface area contributed by atoms with E-state index >= 15 is 0 Å². The van der Waals surface area contributed by atoms with Crippen LogP contribution >= 0.6 is 0 Å². The number of Topliss-reactive ketones (excluding diaryl/α,β-unsaturated/α-hetero) is 1. The zero-order chi connectivity index (χ0) is 22.2. The first-order valence-electron chi connectivity index (χ1n) is 13.4. The molecule has 2 nitrogen and oxygen atoms in total. The van der Waals surface area contributed by atoms with Gasteiger partial charge in [0.05, 0.1) is 0 Å². The van der Waals surface area contributed by atoms with Crippen LogP contribution in [0.15, 0.2) is 23.8 Å². The quantitative estimate of drug-likeness (QED) is 0.440. The molecule has 4 aliphatic rings. The van der Waals surface area contributed by atoms with Gasteiger partial charge in [0.15, 0.2) is 0 Å². The van der Waals surface area contributed by atoms with Crippen LogP contribution in [0.25, 0.3) is 0 Å². The molecule has 4 saturated carbocycles. The minimum Gasteiger partial charge on any atom is -0.320 e. The molecule has 0 amide bonds. The molecule has 0 spiro atoms. The SMILES string of the molecule is C=C1CC2C/C(=C/CCC(CC)CCNC)CC[C@]2(C)C2CC[C@]3(C)C(=O)CCC3C12. The van der Waals surface area contributed by atoms with Gasteiger partial charge in [-0.1, -0.05) is 51.0 Å². The maximum atomic E-state index is 12.7. The Morgan fingerprint density at radius 3 is 2.68 bits per heavy atom. The van der Waals surface area contributed by atoms with E-state index in [0.29, 0.717) is 23.0 Å². The van der Waals surface area contributed by atoms with Gasteiger partial charge < -0.3 is 5.32 Å². The number of hydrogen-bond acceptors (Lipinski definition) is 2. The van der Waals surface area contributed by atoms with Crippen molar-refractivity contribution in [2.45, 2.75) is 97.8 Å². The van der Waals surface area contributed by atoms with Gasteiger partial charge in [-0.25, -0.2) is 0 Å². The van der Waals surface area contributed by atoms with E-state index in [4.69, 9.17) is 0 Å². The van der Waals surface area contributed by atoms with Crippen LogP contribution in [0.2, 0.25) is 0 Å². The van der Waals surface area contributed by atoms with E-state index in [1.165, 1.54) is 63.4 Å². The normalized spacial score (nSPS) is 42.3. The van der Waals surface area contributed by atoms with Crippen LogP contribution in [0, 0.1) is 40.4 Å². The van der Waals surface area contributed by atoms with Crippen molar-refractivity contribution < 1.29 is 4.79 Å². The van der Waals surface area contributed by atoms with Crippen LogP contribution in [0.4, 0.5) is 0 Å². The van der Waals surface area contributed by atoms with Crippen molar-refractivity contribution in [1.29, 1.82) is 0 Å². The summed E-state index contributed by atoms with van der Waals surface area (Å²) in [5.74, 6) is 4.12. The lowest BCUT2D eigenvalue weighted by Gasteiger charge is -2.60. The summed E-state index contributed by atoms with van der Waals surface area (Å²) in [4.78, 5) is 12.7. The van der Waals surface area contributed by atoms with E-state index in [9.17, 15) is 4.79 Å². The number of carbonyl (C=O) groups excluding carboxylic acids is 1. The van der Waals surface area contributed by atoms with Gasteiger partial charge in [-0.3, -0.25) is 4.79 Å². The zero-order valence-electron chi connectivity index (χ0n) is 20.8. The van der Waals surface area contributed by atoms with Crippen molar-refractivity contribution >= 4 is 5.78 Å². The fourth-order valence-electron chi connectivity index (χ4n) is 8.36. The molecular formula is C29H47NO. The van der Waals surface area contributed by atoms with E-state index in [1.807, 2.05) is 0 Å². The summed E-state index contributed by atoms with van der Waals surface area (Å²) in [5.41, 5.74) is 3.64. The Morgan fingerprint density at radius 2 is 1.94 bits per heavy atom. The van der Waals surface area contributed by atoms with E-state index in [2.05, 4.69) is 45.8 Å². The van der Waals surface area contributed by atoms with Crippen molar-refractivity contribution in [2.75, 3.05) is 13.6 Å². The lowest BCUT2D eigenvalue weighted by molar-refractivity contribution is -0.133. The van der Waals surface area contributed by atoms with Gasteiger partial charge in [0.1, 0.15) is 5.78 Å². The molecule has 1 N–H and O–H groups in total. The van der Waals surface area contributed by atoms with E-state index in [0.717, 1.165) is 43.6 Å². The Balaban J connectivity index is 1.42. The van der Waals surface area contributed by atoms with Crippen molar-refractivity contribution in [1.82, 2.24) is 5.32 Å². The molecule has 31 heavy (non-hydrogen) atoms. The Hall–Kier alpha value is -0.890. The average Bonchev–Trinajstić information content (AvgIpc) is 3.06. The molecule has 5 unspecified atom stereocenters. The molecule has 0 radical (unpaired) electrons. The summed E-state index contributed by atoms with van der Waals surface area (Å²) in [5, 5.41) is 3.31. The molecule has 0 aliphatic heterocycles. The molecule has 4 aliphatic carbocycles. The van der Waals surface area contributed by atoms with Gasteiger partial charge in [-0.15, -0.1) is 0 Å². The minimum absolute atomic E-state index is 0.0455. The predicted molar refractivity (Wildman–Crippen MR) is 131 cm³/mol. The fraction of sp³-hybridized carbons (Fsp3) is 0.828. The average molecular weight is 426 g/mol. The molecule has 4 fully saturated rings. The lowest BCUT2D eigenvalue weighted by Crippen LogP contribution is -2.53. The number of rotatable bonds is 7. The standard InChI is InChI=1S/C29H47NO/c1-6-21(14-17-30-5)8-7-9-22-12-15-28(3)23(19-22)18-20(2)27-24-10-11-26(31)29(24,4)16-13-25(27)28/h9,21,23-25,27,30H,2,6-8,10-19H2,1,3-5H3/b22-9+/t21?,23?,24?,25?,27?,28-,29-/m0/s1. The number of ketones is 1. The van der Waals surface area contributed by atoms with Gasteiger partial charge >= 0.3 is 0 Å². The van der Waals surface area contributed by atoms with Gasteiger partial charge in [0.2, 0.25) is 0 Å². The molecule has 2 heteroatoms. The molecule has 4 rings (SSSR count). The zero-order valence-corrected chi connectivity index (χ0v) is 20.8. The molecule has 0 aromatic carbocycles. The third-order valence-electron chi connectivity index (χ3n) is 10.6. The van der Waals surface area contributed by atoms with Gasteiger partial charge in [0, 0.05) is 11.8 Å². The first-order chi connectivity index (χ1) is 14.8. The highest BCUT2D eigenvalue weighted by Crippen LogP contribution is 2.66. The molecule has 0 saturated heterocycles. The monoisotopic (exact) mass is 425 g/mol. The van der Waals surface area contributed by atoms with Crippen molar-refractivity contribution in [3.8, 4) is 0 Å². The Morgan fingerprint density at radius 1 is 1.13 bits per heavy atom. The topological polar surface area (TPSA) is 29.1 Å². The minimum atomic E-state index is -0.0455. The third kappa shape index (κ3) is 4.11. The summed E-state index contributed by atoms with van der Waals surface area (Å²) in [6.45, 7) is 13.0. The molecule has 0 aromatic heterocycles. The Labute approximate surface area is 191 Å². The highest BCUT2D eigenvalue weighted by molar-refractivity contribution is 5.87. The number of allylic oxidation sites excluding steroid dienone is 3. The Kier molecular flexibility index (Phi) is 6.88. The van der Waals surface area contributed by atoms with Crippen LogP contribution in [0.5, 0.6) is 0 Å². The molecule has 0 heterocycles. The van der Waals surface area contributed by atoms with Gasteiger partial charge in [0.25, 0.3) is 0 Å². The van der Waals surface area contributed by atoms with E-state index in [1.54, 1.807) is 5.57 Å². The Bertz CT molecular complexity index is 722. The predicted octanol–water partition coefficient (Wildman–Crippen LogP) is 7.11. The third-order valence-corrected chi connectivity index (χ3v) is 10.6. The first kappa shape index (κ1) is 23.3. The van der Waals surface area contributed by atoms with Gasteiger partial charge in [-0.2, -0.15) is 0 Å². The molecule has 0 aromatic rings. The summed E-state index contributed by atoms with van der Waals surface area (Å²) < 4.78 is 0. The highest BCUT2D eigenvalue weighted by Gasteiger charge is 2.60. The summed E-state index contributed by atoms with van der Waals surface area (Å²) in [6, 6.07) is 0.